The first-order valence-electron chi connectivity index (χ1n) is 17.3. The van der Waals surface area contributed by atoms with Crippen molar-refractivity contribution in [3.63, 3.8) is 0 Å². The summed E-state index contributed by atoms with van der Waals surface area (Å²) in [6.07, 6.45) is -23.9. The lowest BCUT2D eigenvalue weighted by molar-refractivity contribution is -0.447. The molecule has 21 nitrogen and oxygen atoms in total. The number of phenols is 2. The van der Waals surface area contributed by atoms with Crippen molar-refractivity contribution in [2.24, 2.45) is 0 Å². The fourth-order valence-electron chi connectivity index (χ4n) is 6.50. The molecule has 3 saturated heterocycles. The highest BCUT2D eigenvalue weighted by Crippen LogP contribution is 2.39. The van der Waals surface area contributed by atoms with Crippen LogP contribution in [0.15, 0.2) is 39.5 Å². The van der Waals surface area contributed by atoms with Gasteiger partial charge in [0, 0.05) is 17.7 Å². The summed E-state index contributed by atoms with van der Waals surface area (Å²) in [7, 11) is 2.57. The fourth-order valence-corrected chi connectivity index (χ4v) is 6.50. The van der Waals surface area contributed by atoms with Crippen molar-refractivity contribution in [3.8, 4) is 40.1 Å². The molecule has 3 aromatic rings. The molecular formula is C35H44O21. The number of methoxy groups -OCH3 is 2. The van der Waals surface area contributed by atoms with Gasteiger partial charge in [-0.05, 0) is 32.0 Å². The minimum absolute atomic E-state index is 0.122. The minimum Gasteiger partial charge on any atom is -0.507 e. The van der Waals surface area contributed by atoms with Crippen molar-refractivity contribution in [1.82, 2.24) is 0 Å². The third-order valence-electron chi connectivity index (χ3n) is 9.75. The molecule has 15 atom stereocenters. The Morgan fingerprint density at radius 1 is 0.679 bits per heavy atom. The zero-order valence-corrected chi connectivity index (χ0v) is 30.2. The molecule has 10 N–H and O–H groups in total. The van der Waals surface area contributed by atoms with Gasteiger partial charge in [-0.2, -0.15) is 0 Å². The van der Waals surface area contributed by atoms with Crippen LogP contribution < -0.4 is 19.6 Å². The first-order valence-corrected chi connectivity index (χ1v) is 17.3. The monoisotopic (exact) mass is 800 g/mol. The summed E-state index contributed by atoms with van der Waals surface area (Å²) in [5.74, 6) is -1.38. The van der Waals surface area contributed by atoms with Crippen LogP contribution in [0.2, 0.25) is 0 Å². The predicted octanol–water partition coefficient (Wildman–Crippen LogP) is -2.30. The summed E-state index contributed by atoms with van der Waals surface area (Å²) in [5.41, 5.74) is -0.775. The van der Waals surface area contributed by atoms with E-state index in [0.29, 0.717) is 0 Å². The first-order chi connectivity index (χ1) is 26.6. The standard InChI is InChI=1S/C35H44O21/c1-11-21(38)25(42)28(45)33(50-11)55-32-27(44)22(39)12(2)51-35(32)56-49-10-19-23(40)26(43)29(46)34(54-19)52-14-8-16(37)20-18(9-14)53-30(31(48-4)24(20)41)13-5-6-17(47-3)15(36)7-13/h5-9,11-12,19,21-23,25-29,32-40,42-46H,10H2,1-4H3/t11-,12-,19+,21-,22-,23+,25+,26-,27+,28+,29+,32+,33-,34+,35-/m0/s1. The Kier molecular flexibility index (Phi) is 12.6. The average molecular weight is 801 g/mol. The second-order valence-electron chi connectivity index (χ2n) is 13.5. The van der Waals surface area contributed by atoms with E-state index in [1.165, 1.54) is 52.3 Å². The minimum atomic E-state index is -1.89. The number of fused-ring (bicyclic) bond motifs is 1. The maximum atomic E-state index is 13.4. The Hall–Kier alpha value is -3.91. The van der Waals surface area contributed by atoms with Gasteiger partial charge in [-0.1, -0.05) is 0 Å². The van der Waals surface area contributed by atoms with Crippen LogP contribution in [0, 0.1) is 0 Å². The summed E-state index contributed by atoms with van der Waals surface area (Å²) in [6, 6.07) is 6.37. The predicted molar refractivity (Wildman–Crippen MR) is 182 cm³/mol. The molecule has 0 saturated carbocycles. The van der Waals surface area contributed by atoms with Gasteiger partial charge >= 0.3 is 0 Å². The normalized spacial score (nSPS) is 36.3. The number of hydrogen-bond acceptors (Lipinski definition) is 21. The van der Waals surface area contributed by atoms with E-state index in [2.05, 4.69) is 0 Å². The maximum absolute atomic E-state index is 13.4. The fraction of sp³-hybridized carbons (Fsp3) is 0.571. The number of rotatable bonds is 11. The second-order valence-corrected chi connectivity index (χ2v) is 13.5. The van der Waals surface area contributed by atoms with Crippen molar-refractivity contribution >= 4 is 11.0 Å². The summed E-state index contributed by atoms with van der Waals surface area (Å²) >= 11 is 0. The Morgan fingerprint density at radius 2 is 1.32 bits per heavy atom. The Labute approximate surface area is 316 Å². The molecule has 3 aliphatic rings. The molecule has 0 aliphatic carbocycles. The number of ether oxygens (including phenoxy) is 7. The van der Waals surface area contributed by atoms with Gasteiger partial charge in [0.15, 0.2) is 23.5 Å². The number of aromatic hydroxyl groups is 2. The lowest BCUT2D eigenvalue weighted by Crippen LogP contribution is -2.63. The number of hydrogen-bond donors (Lipinski definition) is 10. The molecule has 0 bridgehead atoms. The largest absolute Gasteiger partial charge is 0.507 e. The summed E-state index contributed by atoms with van der Waals surface area (Å²) in [5, 5.41) is 105. The van der Waals surface area contributed by atoms with Crippen LogP contribution in [0.3, 0.4) is 0 Å². The highest BCUT2D eigenvalue weighted by Gasteiger charge is 2.51. The zero-order chi connectivity index (χ0) is 40.7. The van der Waals surface area contributed by atoms with Crippen LogP contribution in [0.1, 0.15) is 13.8 Å². The molecule has 21 heteroatoms. The highest BCUT2D eigenvalue weighted by molar-refractivity contribution is 5.88. The van der Waals surface area contributed by atoms with Crippen molar-refractivity contribution in [2.45, 2.75) is 106 Å². The van der Waals surface area contributed by atoms with Gasteiger partial charge < -0.3 is 88.6 Å². The van der Waals surface area contributed by atoms with Crippen LogP contribution in [0.25, 0.3) is 22.3 Å². The average Bonchev–Trinajstić information content (AvgIpc) is 3.16. The Balaban J connectivity index is 1.18. The van der Waals surface area contributed by atoms with Gasteiger partial charge in [0.1, 0.15) is 90.1 Å². The zero-order valence-electron chi connectivity index (χ0n) is 30.2. The van der Waals surface area contributed by atoms with Gasteiger partial charge in [0.05, 0.1) is 26.4 Å². The molecule has 0 unspecified atom stereocenters. The van der Waals surface area contributed by atoms with E-state index >= 15 is 0 Å². The summed E-state index contributed by atoms with van der Waals surface area (Å²) in [6.45, 7) is 2.12. The molecule has 56 heavy (non-hydrogen) atoms. The van der Waals surface area contributed by atoms with Crippen molar-refractivity contribution in [2.75, 3.05) is 20.8 Å². The molecular weight excluding hydrogens is 756 g/mol. The third-order valence-corrected chi connectivity index (χ3v) is 9.75. The smallest absolute Gasteiger partial charge is 0.239 e. The summed E-state index contributed by atoms with van der Waals surface area (Å²) in [4.78, 5) is 23.9. The number of aliphatic hydroxyl groups excluding tert-OH is 8. The molecule has 1 aromatic heterocycles. The molecule has 4 heterocycles. The van der Waals surface area contributed by atoms with Crippen molar-refractivity contribution < 1.29 is 98.4 Å². The second kappa shape index (κ2) is 16.9. The molecule has 3 fully saturated rings. The Bertz CT molecular complexity index is 1890. The molecule has 0 radical (unpaired) electrons. The maximum Gasteiger partial charge on any atom is 0.239 e. The number of aliphatic hydroxyl groups is 8. The van der Waals surface area contributed by atoms with E-state index in [-0.39, 0.29) is 45.3 Å². The van der Waals surface area contributed by atoms with E-state index in [0.717, 1.165) is 6.07 Å². The van der Waals surface area contributed by atoms with Crippen molar-refractivity contribution in [1.29, 1.82) is 0 Å². The van der Waals surface area contributed by atoms with Crippen LogP contribution in [0.4, 0.5) is 0 Å². The molecule has 6 rings (SSSR count). The van der Waals surface area contributed by atoms with Gasteiger partial charge in [-0.3, -0.25) is 4.79 Å². The number of phenolic OH excluding ortho intramolecular Hbond substituents is 2. The van der Waals surface area contributed by atoms with Crippen LogP contribution in [0.5, 0.6) is 28.7 Å². The van der Waals surface area contributed by atoms with E-state index in [1.54, 1.807) is 0 Å². The lowest BCUT2D eigenvalue weighted by atomic mass is 9.98. The Morgan fingerprint density at radius 3 is 1.98 bits per heavy atom. The van der Waals surface area contributed by atoms with Gasteiger partial charge in [0.25, 0.3) is 0 Å². The number of benzene rings is 2. The molecule has 0 spiro atoms. The van der Waals surface area contributed by atoms with E-state index in [4.69, 9.17) is 47.4 Å². The van der Waals surface area contributed by atoms with Gasteiger partial charge in [-0.25, -0.2) is 9.78 Å². The third kappa shape index (κ3) is 7.97. The SMILES string of the molecule is COc1ccc(-c2oc3cc(O[C@@H]4O[C@H](COO[C@@H]5O[C@@H](C)[C@H](O)[C@@H](O)[C@H]5O[C@@H]5O[C@@H](C)[C@H](O)[C@@H](O)[C@H]5O)[C@@H](O)[C@H](O)[C@H]4O)cc(O)c3c(=O)c2OC)cc1O. The van der Waals surface area contributed by atoms with Gasteiger partial charge in [-0.15, -0.1) is 0 Å². The van der Waals surface area contributed by atoms with E-state index in [9.17, 15) is 55.9 Å². The van der Waals surface area contributed by atoms with Gasteiger partial charge in [0.2, 0.25) is 23.8 Å². The van der Waals surface area contributed by atoms with Crippen LogP contribution in [-0.2, 0) is 28.7 Å². The van der Waals surface area contributed by atoms with Crippen LogP contribution >= 0.6 is 0 Å². The molecule has 2 aromatic carbocycles. The highest BCUT2D eigenvalue weighted by atomic mass is 17.2. The molecule has 310 valence electrons. The molecule has 0 amide bonds. The first kappa shape index (κ1) is 41.7. The van der Waals surface area contributed by atoms with Crippen LogP contribution in [-0.4, -0.2) is 164 Å². The topological polar surface area (TPSA) is 316 Å². The quantitative estimate of drug-likeness (QED) is 0.0720. The lowest BCUT2D eigenvalue weighted by Gasteiger charge is -2.45. The summed E-state index contributed by atoms with van der Waals surface area (Å²) < 4.78 is 44.3. The van der Waals surface area contributed by atoms with E-state index in [1.807, 2.05) is 0 Å². The molecule has 3 aliphatic heterocycles. The van der Waals surface area contributed by atoms with Crippen molar-refractivity contribution in [3.05, 3.63) is 40.6 Å². The van der Waals surface area contributed by atoms with E-state index < -0.39 is 110 Å².